The van der Waals surface area contributed by atoms with Crippen LogP contribution in [0.25, 0.3) is 10.9 Å². The molecule has 1 unspecified atom stereocenters. The highest BCUT2D eigenvalue weighted by atomic mass is 16.6. The first-order valence-electron chi connectivity index (χ1n) is 20.6. The molecule has 0 bridgehead atoms. The van der Waals surface area contributed by atoms with Gasteiger partial charge in [-0.15, -0.1) is 0 Å². The van der Waals surface area contributed by atoms with Crippen molar-refractivity contribution in [1.29, 1.82) is 0 Å². The molecule has 11 nitrogen and oxygen atoms in total. The number of hydrogen-bond acceptors (Lipinski definition) is 8. The number of rotatable bonds is 22. The molecule has 0 aliphatic rings. The fourth-order valence-corrected chi connectivity index (χ4v) is 7.34. The molecular weight excluding hydrogens is 733 g/mol. The molecule has 2 amide bonds. The maximum atomic E-state index is 13.4. The number of nitrogens with one attached hydrogen (secondary N) is 4. The number of pyridine rings is 1. The van der Waals surface area contributed by atoms with Crippen LogP contribution in [0.3, 0.4) is 0 Å². The van der Waals surface area contributed by atoms with Crippen LogP contribution in [0.1, 0.15) is 110 Å². The summed E-state index contributed by atoms with van der Waals surface area (Å²) in [5.41, 5.74) is 3.85. The van der Waals surface area contributed by atoms with Gasteiger partial charge in [-0.3, -0.25) is 9.59 Å². The van der Waals surface area contributed by atoms with Crippen molar-refractivity contribution in [1.82, 2.24) is 20.9 Å². The van der Waals surface area contributed by atoms with Crippen LogP contribution in [0.15, 0.2) is 108 Å². The van der Waals surface area contributed by atoms with E-state index in [-0.39, 0.29) is 23.3 Å². The SMILES string of the molecule is CCCC(CCC)[C@H](CC)OC(=O)NC(c1ccccc1)c1cccc(OCc2ccc(C(=O)NCCCCNC[C@H](O)c3ccc(O)c4[nH]c(=O)ccc34)cc2)c1. The van der Waals surface area contributed by atoms with Gasteiger partial charge in [0.2, 0.25) is 5.56 Å². The van der Waals surface area contributed by atoms with Gasteiger partial charge in [0.05, 0.1) is 17.7 Å². The first-order valence-corrected chi connectivity index (χ1v) is 20.6. The number of carbonyl (C=O) groups excluding carboxylic acids is 2. The summed E-state index contributed by atoms with van der Waals surface area (Å²) in [6.07, 6.45) is 5.08. The van der Waals surface area contributed by atoms with E-state index in [1.54, 1.807) is 24.3 Å². The molecule has 0 fully saturated rings. The van der Waals surface area contributed by atoms with E-state index < -0.39 is 18.2 Å². The Labute approximate surface area is 341 Å². The molecule has 6 N–H and O–H groups in total. The van der Waals surface area contributed by atoms with E-state index in [9.17, 15) is 24.6 Å². The lowest BCUT2D eigenvalue weighted by Crippen LogP contribution is -2.35. The highest BCUT2D eigenvalue weighted by Crippen LogP contribution is 2.30. The molecule has 1 heterocycles. The van der Waals surface area contributed by atoms with E-state index in [0.717, 1.165) is 61.6 Å². The van der Waals surface area contributed by atoms with E-state index in [1.807, 2.05) is 66.7 Å². The molecule has 308 valence electrons. The molecule has 0 radical (unpaired) electrons. The Bertz CT molecular complexity index is 2100. The topological polar surface area (TPSA) is 162 Å². The molecule has 3 atom stereocenters. The molecule has 11 heteroatoms. The monoisotopic (exact) mass is 790 g/mol. The second-order valence-electron chi connectivity index (χ2n) is 14.7. The van der Waals surface area contributed by atoms with Gasteiger partial charge in [-0.1, -0.05) is 94.3 Å². The number of hydrogen-bond donors (Lipinski definition) is 6. The van der Waals surface area contributed by atoms with E-state index in [0.29, 0.717) is 59.9 Å². The van der Waals surface area contributed by atoms with Crippen molar-refractivity contribution in [3.8, 4) is 11.5 Å². The third-order valence-electron chi connectivity index (χ3n) is 10.4. The number of benzene rings is 4. The number of alkyl carbamates (subject to hydrolysis) is 1. The number of fused-ring (bicyclic) bond motifs is 1. The number of amides is 2. The summed E-state index contributed by atoms with van der Waals surface area (Å²) in [4.78, 5) is 40.5. The summed E-state index contributed by atoms with van der Waals surface area (Å²) in [6.45, 7) is 8.16. The Balaban J connectivity index is 1.07. The second kappa shape index (κ2) is 22.3. The zero-order valence-electron chi connectivity index (χ0n) is 33.8. The zero-order valence-corrected chi connectivity index (χ0v) is 33.8. The van der Waals surface area contributed by atoms with Crippen molar-refractivity contribution in [2.45, 2.75) is 90.6 Å². The Morgan fingerprint density at radius 1 is 0.810 bits per heavy atom. The molecule has 0 aliphatic heterocycles. The Morgan fingerprint density at radius 3 is 2.26 bits per heavy atom. The van der Waals surface area contributed by atoms with Gasteiger partial charge in [-0.05, 0) is 103 Å². The predicted molar refractivity (Wildman–Crippen MR) is 228 cm³/mol. The maximum Gasteiger partial charge on any atom is 0.408 e. The molecule has 0 spiro atoms. The lowest BCUT2D eigenvalue weighted by molar-refractivity contribution is 0.0509. The van der Waals surface area contributed by atoms with Gasteiger partial charge in [0.25, 0.3) is 5.91 Å². The summed E-state index contributed by atoms with van der Waals surface area (Å²) in [6, 6.07) is 30.5. The number of H-pyrrole nitrogens is 1. The van der Waals surface area contributed by atoms with Crippen LogP contribution in [0.5, 0.6) is 11.5 Å². The van der Waals surface area contributed by atoms with Gasteiger partial charge in [0.1, 0.15) is 24.2 Å². The normalized spacial score (nSPS) is 12.8. The lowest BCUT2D eigenvalue weighted by atomic mass is 9.91. The smallest absolute Gasteiger partial charge is 0.408 e. The van der Waals surface area contributed by atoms with Crippen molar-refractivity contribution in [3.63, 3.8) is 0 Å². The summed E-state index contributed by atoms with van der Waals surface area (Å²) >= 11 is 0. The van der Waals surface area contributed by atoms with Crippen LogP contribution < -0.4 is 26.2 Å². The van der Waals surface area contributed by atoms with Gasteiger partial charge in [-0.25, -0.2) is 4.79 Å². The Kier molecular flexibility index (Phi) is 16.7. The number of carbonyl (C=O) groups is 2. The van der Waals surface area contributed by atoms with Crippen LogP contribution in [0, 0.1) is 5.92 Å². The number of aliphatic hydroxyl groups is 1. The third kappa shape index (κ3) is 12.4. The minimum atomic E-state index is -0.827. The van der Waals surface area contributed by atoms with Gasteiger partial charge in [0, 0.05) is 30.1 Å². The van der Waals surface area contributed by atoms with Gasteiger partial charge in [-0.2, -0.15) is 0 Å². The number of ether oxygens (including phenoxy) is 2. The number of aromatic nitrogens is 1. The third-order valence-corrected chi connectivity index (χ3v) is 10.4. The predicted octanol–water partition coefficient (Wildman–Crippen LogP) is 8.46. The molecule has 1 aromatic heterocycles. The highest BCUT2D eigenvalue weighted by Gasteiger charge is 2.25. The van der Waals surface area contributed by atoms with E-state index in [1.165, 1.54) is 12.1 Å². The molecule has 5 aromatic rings. The molecule has 4 aromatic carbocycles. The lowest BCUT2D eigenvalue weighted by Gasteiger charge is -2.27. The first kappa shape index (κ1) is 43.5. The van der Waals surface area contributed by atoms with Crippen molar-refractivity contribution >= 4 is 22.9 Å². The van der Waals surface area contributed by atoms with Crippen molar-refractivity contribution < 1.29 is 29.3 Å². The van der Waals surface area contributed by atoms with Gasteiger partial charge < -0.3 is 40.6 Å². The number of phenolic OH excluding ortho intramolecular Hbond substituents is 1. The van der Waals surface area contributed by atoms with E-state index >= 15 is 0 Å². The van der Waals surface area contributed by atoms with Gasteiger partial charge >= 0.3 is 6.09 Å². The zero-order chi connectivity index (χ0) is 41.3. The number of aromatic hydroxyl groups is 1. The molecule has 0 aliphatic carbocycles. The molecule has 5 rings (SSSR count). The van der Waals surface area contributed by atoms with Crippen LogP contribution in [-0.4, -0.2) is 52.9 Å². The Hall–Kier alpha value is -5.65. The quantitative estimate of drug-likeness (QED) is 0.0381. The number of phenols is 1. The summed E-state index contributed by atoms with van der Waals surface area (Å²) in [5.74, 6) is 0.790. The van der Waals surface area contributed by atoms with Crippen LogP contribution in [-0.2, 0) is 11.3 Å². The summed E-state index contributed by atoms with van der Waals surface area (Å²) in [5, 5.41) is 30.7. The summed E-state index contributed by atoms with van der Waals surface area (Å²) in [7, 11) is 0. The summed E-state index contributed by atoms with van der Waals surface area (Å²) < 4.78 is 12.2. The minimum Gasteiger partial charge on any atom is -0.506 e. The van der Waals surface area contributed by atoms with Crippen molar-refractivity contribution in [3.05, 3.63) is 141 Å². The molecule has 0 saturated carbocycles. The largest absolute Gasteiger partial charge is 0.506 e. The fourth-order valence-electron chi connectivity index (χ4n) is 7.34. The van der Waals surface area contributed by atoms with Gasteiger partial charge in [0.15, 0.2) is 0 Å². The van der Waals surface area contributed by atoms with Crippen LogP contribution in [0.2, 0.25) is 0 Å². The minimum absolute atomic E-state index is 0.0480. The molecule has 0 saturated heterocycles. The average Bonchev–Trinajstić information content (AvgIpc) is 3.24. The van der Waals surface area contributed by atoms with Crippen molar-refractivity contribution in [2.75, 3.05) is 19.6 Å². The van der Waals surface area contributed by atoms with Crippen molar-refractivity contribution in [2.24, 2.45) is 5.92 Å². The highest BCUT2D eigenvalue weighted by molar-refractivity contribution is 5.94. The number of aromatic amines is 1. The van der Waals surface area contributed by atoms with Crippen LogP contribution in [0.4, 0.5) is 4.79 Å². The second-order valence-corrected chi connectivity index (χ2v) is 14.7. The van der Waals surface area contributed by atoms with E-state index in [4.69, 9.17) is 9.47 Å². The fraction of sp³-hybridized carbons (Fsp3) is 0.383. The average molecular weight is 791 g/mol. The number of unbranched alkanes of at least 4 members (excludes halogenated alkanes) is 1. The molecule has 58 heavy (non-hydrogen) atoms. The number of aliphatic hydroxyl groups excluding tert-OH is 1. The Morgan fingerprint density at radius 2 is 1.53 bits per heavy atom. The van der Waals surface area contributed by atoms with E-state index in [2.05, 4.69) is 41.7 Å². The first-order chi connectivity index (χ1) is 28.2. The van der Waals surface area contributed by atoms with Crippen LogP contribution >= 0.6 is 0 Å². The maximum absolute atomic E-state index is 13.4. The molecular formula is C47H58N4O7. The standard InChI is InChI=1S/C47H58N4O7/c1-4-13-33(14-5-2)42(6-3)58-47(56)51-44(34-15-8-7-9-16-34)36-17-12-18-37(29-36)57-31-32-19-21-35(22-20-32)46(55)49-28-11-10-27-48-30-41(53)38-23-25-40(52)45-39(38)24-26-43(54)50-45/h7-9,12,15-26,29,33,41-42,44,48,52-53H,4-6,10-11,13-14,27-28,30-31H2,1-3H3,(H,49,55)(H,50,54)(H,51,56)/t41-,42-,44?/m0/s1.